The smallest absolute Gasteiger partial charge is 0.0588 e. The number of hydrogen-bond acceptors (Lipinski definition) is 1. The van der Waals surface area contributed by atoms with E-state index in [0.29, 0.717) is 6.04 Å². The van der Waals surface area contributed by atoms with Crippen LogP contribution in [0.1, 0.15) is 62.9 Å². The molecule has 2 nitrogen and oxygen atoms in total. The lowest BCUT2D eigenvalue weighted by atomic mass is 9.85. The first-order valence-corrected chi connectivity index (χ1v) is 6.82. The largest absolute Gasteiger partial charge is 0.269 e. The summed E-state index contributed by atoms with van der Waals surface area (Å²) >= 11 is 6.05. The molecule has 1 atom stereocenters. The molecule has 1 fully saturated rings. The van der Waals surface area contributed by atoms with Gasteiger partial charge in [0.1, 0.15) is 0 Å². The van der Waals surface area contributed by atoms with Crippen LogP contribution < -0.4 is 0 Å². The van der Waals surface area contributed by atoms with Gasteiger partial charge in [-0.15, -0.1) is 11.6 Å². The van der Waals surface area contributed by atoms with Crippen LogP contribution in [0.25, 0.3) is 0 Å². The molecule has 1 unspecified atom stereocenters. The third-order valence-corrected chi connectivity index (χ3v) is 4.10. The standard InChI is InChI=1S/C13H21ClN2/c1-3-11-4-6-13(7-5-11)16-9-12(8-15-16)10(2)14/h8-11,13H,3-7H2,1-2H3. The lowest BCUT2D eigenvalue weighted by Gasteiger charge is -2.27. The quantitative estimate of drug-likeness (QED) is 0.720. The summed E-state index contributed by atoms with van der Waals surface area (Å²) in [5.41, 5.74) is 1.14. The van der Waals surface area contributed by atoms with Crippen LogP contribution in [0.5, 0.6) is 0 Å². The molecule has 0 aliphatic heterocycles. The second kappa shape index (κ2) is 5.22. The van der Waals surface area contributed by atoms with Crippen LogP contribution in [0.15, 0.2) is 12.4 Å². The second-order valence-corrected chi connectivity index (χ2v) is 5.61. The number of nitrogens with zero attached hydrogens (tertiary/aromatic N) is 2. The maximum atomic E-state index is 6.05. The minimum Gasteiger partial charge on any atom is -0.269 e. The molecule has 0 radical (unpaired) electrons. The Morgan fingerprint density at radius 3 is 2.62 bits per heavy atom. The van der Waals surface area contributed by atoms with E-state index in [9.17, 15) is 0 Å². The highest BCUT2D eigenvalue weighted by Gasteiger charge is 2.21. The predicted molar refractivity (Wildman–Crippen MR) is 67.8 cm³/mol. The van der Waals surface area contributed by atoms with Gasteiger partial charge in [0, 0.05) is 11.8 Å². The fourth-order valence-corrected chi connectivity index (χ4v) is 2.69. The van der Waals surface area contributed by atoms with E-state index in [0.717, 1.165) is 11.5 Å². The maximum absolute atomic E-state index is 6.05. The number of hydrogen-bond donors (Lipinski definition) is 0. The molecule has 0 aromatic carbocycles. The molecule has 2 rings (SSSR count). The van der Waals surface area contributed by atoms with Crippen LogP contribution in [0.2, 0.25) is 0 Å². The van der Waals surface area contributed by atoms with Crippen molar-refractivity contribution in [2.24, 2.45) is 5.92 Å². The molecule has 1 heterocycles. The first-order valence-electron chi connectivity index (χ1n) is 6.38. The third-order valence-electron chi connectivity index (χ3n) is 3.85. The number of aromatic nitrogens is 2. The summed E-state index contributed by atoms with van der Waals surface area (Å²) < 4.78 is 2.13. The number of alkyl halides is 1. The summed E-state index contributed by atoms with van der Waals surface area (Å²) in [5.74, 6) is 0.943. The van der Waals surface area contributed by atoms with Crippen molar-refractivity contribution in [2.75, 3.05) is 0 Å². The Labute approximate surface area is 103 Å². The monoisotopic (exact) mass is 240 g/mol. The Bertz CT molecular complexity index is 324. The molecule has 1 aromatic rings. The minimum absolute atomic E-state index is 0.0701. The molecule has 1 aromatic heterocycles. The zero-order valence-electron chi connectivity index (χ0n) is 10.2. The molecule has 0 amide bonds. The zero-order valence-corrected chi connectivity index (χ0v) is 11.0. The Morgan fingerprint density at radius 1 is 1.44 bits per heavy atom. The van der Waals surface area contributed by atoms with Crippen molar-refractivity contribution >= 4 is 11.6 Å². The van der Waals surface area contributed by atoms with Crippen LogP contribution in [0.3, 0.4) is 0 Å². The van der Waals surface area contributed by atoms with Crippen LogP contribution in [0.4, 0.5) is 0 Å². The van der Waals surface area contributed by atoms with Crippen molar-refractivity contribution in [1.82, 2.24) is 9.78 Å². The molecule has 1 aliphatic rings. The fraction of sp³-hybridized carbons (Fsp3) is 0.769. The van der Waals surface area contributed by atoms with Crippen LogP contribution in [-0.4, -0.2) is 9.78 Å². The highest BCUT2D eigenvalue weighted by molar-refractivity contribution is 6.20. The predicted octanol–water partition coefficient (Wildman–Crippen LogP) is 4.32. The van der Waals surface area contributed by atoms with Gasteiger partial charge in [-0.05, 0) is 38.5 Å². The summed E-state index contributed by atoms with van der Waals surface area (Å²) in [4.78, 5) is 0. The molecule has 1 aliphatic carbocycles. The van der Waals surface area contributed by atoms with Crippen molar-refractivity contribution in [3.63, 3.8) is 0 Å². The van der Waals surface area contributed by atoms with Crippen molar-refractivity contribution in [3.05, 3.63) is 18.0 Å². The van der Waals surface area contributed by atoms with Gasteiger partial charge in [0.25, 0.3) is 0 Å². The van der Waals surface area contributed by atoms with E-state index >= 15 is 0 Å². The van der Waals surface area contributed by atoms with E-state index < -0.39 is 0 Å². The molecular formula is C13H21ClN2. The Hall–Kier alpha value is -0.500. The first-order chi connectivity index (χ1) is 7.70. The fourth-order valence-electron chi connectivity index (χ4n) is 2.58. The van der Waals surface area contributed by atoms with E-state index in [4.69, 9.17) is 11.6 Å². The minimum atomic E-state index is 0.0701. The summed E-state index contributed by atoms with van der Waals surface area (Å²) in [6, 6.07) is 0.604. The molecule has 3 heteroatoms. The van der Waals surface area contributed by atoms with Gasteiger partial charge in [0.15, 0.2) is 0 Å². The van der Waals surface area contributed by atoms with Gasteiger partial charge in [-0.25, -0.2) is 0 Å². The van der Waals surface area contributed by atoms with Crippen LogP contribution in [0, 0.1) is 5.92 Å². The molecule has 90 valence electrons. The van der Waals surface area contributed by atoms with Crippen LogP contribution in [-0.2, 0) is 0 Å². The van der Waals surface area contributed by atoms with Gasteiger partial charge in [0.05, 0.1) is 17.6 Å². The molecule has 16 heavy (non-hydrogen) atoms. The third kappa shape index (κ3) is 2.60. The van der Waals surface area contributed by atoms with E-state index in [1.54, 1.807) is 0 Å². The second-order valence-electron chi connectivity index (χ2n) is 4.95. The van der Waals surface area contributed by atoms with Gasteiger partial charge in [-0.1, -0.05) is 13.3 Å². The summed E-state index contributed by atoms with van der Waals surface area (Å²) in [7, 11) is 0. The van der Waals surface area contributed by atoms with E-state index in [1.807, 2.05) is 13.1 Å². The van der Waals surface area contributed by atoms with E-state index in [-0.39, 0.29) is 5.38 Å². The van der Waals surface area contributed by atoms with Crippen LogP contribution >= 0.6 is 11.6 Å². The summed E-state index contributed by atoms with van der Waals surface area (Å²) in [5, 5.41) is 4.51. The normalized spacial score (nSPS) is 27.9. The molecule has 0 saturated heterocycles. The molecule has 0 N–H and O–H groups in total. The molecule has 0 spiro atoms. The van der Waals surface area contributed by atoms with E-state index in [2.05, 4.69) is 22.9 Å². The highest BCUT2D eigenvalue weighted by Crippen LogP contribution is 2.33. The van der Waals surface area contributed by atoms with Gasteiger partial charge in [-0.3, -0.25) is 4.68 Å². The average Bonchev–Trinajstić information content (AvgIpc) is 2.78. The zero-order chi connectivity index (χ0) is 11.5. The molecule has 1 saturated carbocycles. The van der Waals surface area contributed by atoms with Crippen molar-refractivity contribution < 1.29 is 0 Å². The lowest BCUT2D eigenvalue weighted by molar-refractivity contribution is 0.256. The van der Waals surface area contributed by atoms with Gasteiger partial charge < -0.3 is 0 Å². The van der Waals surface area contributed by atoms with Crippen molar-refractivity contribution in [3.8, 4) is 0 Å². The first kappa shape index (κ1) is 12.0. The van der Waals surface area contributed by atoms with Crippen molar-refractivity contribution in [1.29, 1.82) is 0 Å². The summed E-state index contributed by atoms with van der Waals surface area (Å²) in [6.45, 7) is 4.29. The summed E-state index contributed by atoms with van der Waals surface area (Å²) in [6.07, 6.45) is 10.6. The highest BCUT2D eigenvalue weighted by atomic mass is 35.5. The van der Waals surface area contributed by atoms with Gasteiger partial charge >= 0.3 is 0 Å². The molecule has 0 bridgehead atoms. The molecular weight excluding hydrogens is 220 g/mol. The maximum Gasteiger partial charge on any atom is 0.0588 e. The Morgan fingerprint density at radius 2 is 2.12 bits per heavy atom. The Balaban J connectivity index is 1.97. The SMILES string of the molecule is CCC1CCC(n2cc(C(C)Cl)cn2)CC1. The van der Waals surface area contributed by atoms with Gasteiger partial charge in [0.2, 0.25) is 0 Å². The number of rotatable bonds is 3. The Kier molecular flexibility index (Phi) is 3.91. The topological polar surface area (TPSA) is 17.8 Å². The van der Waals surface area contributed by atoms with Gasteiger partial charge in [-0.2, -0.15) is 5.10 Å². The van der Waals surface area contributed by atoms with E-state index in [1.165, 1.54) is 32.1 Å². The van der Waals surface area contributed by atoms with Crippen molar-refractivity contribution in [2.45, 2.75) is 57.4 Å². The lowest BCUT2D eigenvalue weighted by Crippen LogP contribution is -2.18. The number of halogens is 1. The average molecular weight is 241 g/mol.